The molecule has 1 atom stereocenters. The molecule has 1 heterocycles. The number of amides is 3. The molecule has 1 aromatic carbocycles. The van der Waals surface area contributed by atoms with Gasteiger partial charge < -0.3 is 15.5 Å². The molecule has 2 fully saturated rings. The number of piperidine rings is 1. The van der Waals surface area contributed by atoms with E-state index < -0.39 is 0 Å². The Labute approximate surface area is 179 Å². The smallest absolute Gasteiger partial charge is 0.252 e. The first-order chi connectivity index (χ1) is 13.5. The predicted molar refractivity (Wildman–Crippen MR) is 116 cm³/mol. The molecule has 152 valence electrons. The second-order valence-corrected chi connectivity index (χ2v) is 8.85. The van der Waals surface area contributed by atoms with E-state index in [2.05, 4.69) is 33.2 Å². The van der Waals surface area contributed by atoms with Gasteiger partial charge in [-0.25, -0.2) is 0 Å². The van der Waals surface area contributed by atoms with Gasteiger partial charge in [-0.15, -0.1) is 0 Å². The number of hydrogen-bond donors (Lipinski definition) is 2. The lowest BCUT2D eigenvalue weighted by molar-refractivity contribution is -0.135. The van der Waals surface area contributed by atoms with E-state index in [1.165, 1.54) is 19.3 Å². The highest BCUT2D eigenvalue weighted by atomic mass is 127. The SMILES string of the molecule is O=C(NCC(=O)N1CCCC(C(=O)NC2CCCCC2)C1)c1ccccc1I. The van der Waals surface area contributed by atoms with E-state index in [0.29, 0.717) is 24.7 Å². The van der Waals surface area contributed by atoms with Crippen LogP contribution < -0.4 is 10.6 Å². The maximum atomic E-state index is 12.6. The summed E-state index contributed by atoms with van der Waals surface area (Å²) in [6.07, 6.45) is 7.37. The number of benzene rings is 1. The van der Waals surface area contributed by atoms with Crippen LogP contribution in [0.3, 0.4) is 0 Å². The van der Waals surface area contributed by atoms with E-state index >= 15 is 0 Å². The first-order valence-corrected chi connectivity index (χ1v) is 11.2. The Bertz CT molecular complexity index is 719. The molecule has 2 N–H and O–H groups in total. The zero-order valence-electron chi connectivity index (χ0n) is 16.1. The number of carbonyl (C=O) groups is 3. The van der Waals surface area contributed by atoms with Crippen LogP contribution in [0.4, 0.5) is 0 Å². The summed E-state index contributed by atoms with van der Waals surface area (Å²) in [6, 6.07) is 7.57. The largest absolute Gasteiger partial charge is 0.353 e. The van der Waals surface area contributed by atoms with Gasteiger partial charge in [-0.2, -0.15) is 0 Å². The lowest BCUT2D eigenvalue weighted by Gasteiger charge is -2.33. The molecule has 6 nitrogen and oxygen atoms in total. The highest BCUT2D eigenvalue weighted by Gasteiger charge is 2.29. The number of rotatable bonds is 5. The molecule has 0 bridgehead atoms. The zero-order chi connectivity index (χ0) is 19.9. The molecule has 1 aromatic rings. The lowest BCUT2D eigenvalue weighted by atomic mass is 9.93. The van der Waals surface area contributed by atoms with Crippen LogP contribution >= 0.6 is 22.6 Å². The van der Waals surface area contributed by atoms with Crippen molar-refractivity contribution in [3.63, 3.8) is 0 Å². The summed E-state index contributed by atoms with van der Waals surface area (Å²) >= 11 is 2.11. The van der Waals surface area contributed by atoms with E-state index in [-0.39, 0.29) is 30.2 Å². The molecule has 3 amide bonds. The van der Waals surface area contributed by atoms with Crippen molar-refractivity contribution in [1.29, 1.82) is 0 Å². The van der Waals surface area contributed by atoms with Gasteiger partial charge in [0.15, 0.2) is 0 Å². The van der Waals surface area contributed by atoms with Crippen LogP contribution in [0.15, 0.2) is 24.3 Å². The Kier molecular flexibility index (Phi) is 7.70. The molecule has 1 saturated heterocycles. The van der Waals surface area contributed by atoms with Crippen molar-refractivity contribution in [3.8, 4) is 0 Å². The standard InChI is InChI=1S/C21H28IN3O3/c22-18-11-5-4-10-17(18)21(28)23-13-19(26)25-12-6-7-15(14-25)20(27)24-16-8-2-1-3-9-16/h4-5,10-11,15-16H,1-3,6-9,12-14H2,(H,23,28)(H,24,27). The van der Waals surface area contributed by atoms with E-state index in [1.807, 2.05) is 12.1 Å². The number of likely N-dealkylation sites (tertiary alicyclic amines) is 1. The summed E-state index contributed by atoms with van der Waals surface area (Å²) in [7, 11) is 0. The molecular formula is C21H28IN3O3. The fourth-order valence-corrected chi connectivity index (χ4v) is 4.62. The predicted octanol–water partition coefficient (Wildman–Crippen LogP) is 2.71. The normalized spacial score (nSPS) is 20.5. The van der Waals surface area contributed by atoms with Crippen LogP contribution in [-0.2, 0) is 9.59 Å². The third-order valence-corrected chi connectivity index (χ3v) is 6.56. The number of hydrogen-bond acceptors (Lipinski definition) is 3. The van der Waals surface area contributed by atoms with Gasteiger partial charge in [-0.3, -0.25) is 14.4 Å². The van der Waals surface area contributed by atoms with E-state index in [4.69, 9.17) is 0 Å². The van der Waals surface area contributed by atoms with Crippen LogP contribution in [0.1, 0.15) is 55.3 Å². The molecule has 0 radical (unpaired) electrons. The molecule has 2 aliphatic rings. The second kappa shape index (κ2) is 10.2. The molecule has 3 rings (SSSR count). The maximum absolute atomic E-state index is 12.6. The van der Waals surface area contributed by atoms with Gasteiger partial charge in [-0.1, -0.05) is 31.4 Å². The van der Waals surface area contributed by atoms with Gasteiger partial charge >= 0.3 is 0 Å². The van der Waals surface area contributed by atoms with Crippen LogP contribution in [0.25, 0.3) is 0 Å². The minimum Gasteiger partial charge on any atom is -0.353 e. The van der Waals surface area contributed by atoms with Crippen molar-refractivity contribution >= 4 is 40.3 Å². The Morgan fingerprint density at radius 2 is 1.79 bits per heavy atom. The van der Waals surface area contributed by atoms with Gasteiger partial charge in [0.05, 0.1) is 18.0 Å². The summed E-state index contributed by atoms with van der Waals surface area (Å²) < 4.78 is 0.850. The third kappa shape index (κ3) is 5.68. The highest BCUT2D eigenvalue weighted by Crippen LogP contribution is 2.21. The average molecular weight is 497 g/mol. The third-order valence-electron chi connectivity index (χ3n) is 5.62. The maximum Gasteiger partial charge on any atom is 0.252 e. The number of halogens is 1. The summed E-state index contributed by atoms with van der Waals surface area (Å²) in [5.74, 6) is -0.450. The fourth-order valence-electron chi connectivity index (χ4n) is 3.99. The average Bonchev–Trinajstić information content (AvgIpc) is 2.73. The number of carbonyl (C=O) groups excluding carboxylic acids is 3. The minimum absolute atomic E-state index is 0.0409. The summed E-state index contributed by atoms with van der Waals surface area (Å²) in [4.78, 5) is 39.2. The molecular weight excluding hydrogens is 469 g/mol. The number of nitrogens with zero attached hydrogens (tertiary/aromatic N) is 1. The Balaban J connectivity index is 1.47. The topological polar surface area (TPSA) is 78.5 Å². The van der Waals surface area contributed by atoms with Crippen LogP contribution in [0, 0.1) is 9.49 Å². The Morgan fingerprint density at radius 1 is 1.04 bits per heavy atom. The van der Waals surface area contributed by atoms with Gasteiger partial charge in [0.2, 0.25) is 11.8 Å². The van der Waals surface area contributed by atoms with Crippen molar-refractivity contribution < 1.29 is 14.4 Å². The fraction of sp³-hybridized carbons (Fsp3) is 0.571. The van der Waals surface area contributed by atoms with Crippen LogP contribution in [0.2, 0.25) is 0 Å². The van der Waals surface area contributed by atoms with Gasteiger partial charge in [-0.05, 0) is 60.4 Å². The lowest BCUT2D eigenvalue weighted by Crippen LogP contribution is -2.50. The molecule has 1 aliphatic heterocycles. The first-order valence-electron chi connectivity index (χ1n) is 10.2. The van der Waals surface area contributed by atoms with Gasteiger partial charge in [0, 0.05) is 22.7 Å². The molecule has 1 aliphatic carbocycles. The van der Waals surface area contributed by atoms with Crippen molar-refractivity contribution in [2.75, 3.05) is 19.6 Å². The van der Waals surface area contributed by atoms with Gasteiger partial charge in [0.25, 0.3) is 5.91 Å². The van der Waals surface area contributed by atoms with Gasteiger partial charge in [0.1, 0.15) is 0 Å². The molecule has 0 aromatic heterocycles. The van der Waals surface area contributed by atoms with Crippen molar-refractivity contribution in [3.05, 3.63) is 33.4 Å². The number of nitrogens with one attached hydrogen (secondary N) is 2. The van der Waals surface area contributed by atoms with E-state index in [0.717, 1.165) is 29.3 Å². The van der Waals surface area contributed by atoms with Crippen molar-refractivity contribution in [2.45, 2.75) is 51.0 Å². The Hall–Kier alpha value is -1.64. The summed E-state index contributed by atoms with van der Waals surface area (Å²) in [5, 5.41) is 5.89. The van der Waals surface area contributed by atoms with Crippen LogP contribution in [-0.4, -0.2) is 48.3 Å². The summed E-state index contributed by atoms with van der Waals surface area (Å²) in [5.41, 5.74) is 0.569. The Morgan fingerprint density at radius 3 is 2.54 bits per heavy atom. The minimum atomic E-state index is -0.248. The van der Waals surface area contributed by atoms with E-state index in [9.17, 15) is 14.4 Å². The van der Waals surface area contributed by atoms with Crippen molar-refractivity contribution in [1.82, 2.24) is 15.5 Å². The van der Waals surface area contributed by atoms with Crippen molar-refractivity contribution in [2.24, 2.45) is 5.92 Å². The highest BCUT2D eigenvalue weighted by molar-refractivity contribution is 14.1. The monoisotopic (exact) mass is 497 g/mol. The molecule has 0 spiro atoms. The quantitative estimate of drug-likeness (QED) is 0.615. The molecule has 1 unspecified atom stereocenters. The zero-order valence-corrected chi connectivity index (χ0v) is 18.2. The summed E-state index contributed by atoms with van der Waals surface area (Å²) in [6.45, 7) is 1.04. The van der Waals surface area contributed by atoms with Crippen LogP contribution in [0.5, 0.6) is 0 Å². The van der Waals surface area contributed by atoms with E-state index in [1.54, 1.807) is 17.0 Å². The molecule has 28 heavy (non-hydrogen) atoms. The molecule has 1 saturated carbocycles. The second-order valence-electron chi connectivity index (χ2n) is 7.68. The molecule has 7 heteroatoms. The first kappa shape index (κ1) is 21.1.